The number of nitrogens with one attached hydrogen (secondary N) is 1. The number of halogens is 1. The Morgan fingerprint density at radius 3 is 2.43 bits per heavy atom. The highest BCUT2D eigenvalue weighted by atomic mass is 79.9. The molecule has 0 heterocycles. The van der Waals surface area contributed by atoms with Crippen LogP contribution in [0, 0.1) is 5.92 Å². The van der Waals surface area contributed by atoms with Gasteiger partial charge in [0.15, 0.2) is 0 Å². The first-order valence-corrected chi connectivity index (χ1v) is 8.44. The lowest BCUT2D eigenvalue weighted by atomic mass is 10.1. The molecule has 6 nitrogen and oxygen atoms in total. The standard InChI is InChI=1S/C16H22BrNO5/c1-11(2)14(15(20)22-10-13(19)8-17)18-16(21)23-9-12-6-4-3-5-7-12/h3-7,11,13-14,19H,8-10H2,1-2H3,(H,18,21)/t13?,14-/m0/s1. The maximum Gasteiger partial charge on any atom is 0.408 e. The summed E-state index contributed by atoms with van der Waals surface area (Å²) in [5.41, 5.74) is 0.853. The predicted molar refractivity (Wildman–Crippen MR) is 89.1 cm³/mol. The molecule has 128 valence electrons. The fourth-order valence-electron chi connectivity index (χ4n) is 1.70. The molecule has 0 aliphatic heterocycles. The zero-order chi connectivity index (χ0) is 17.2. The smallest absolute Gasteiger partial charge is 0.408 e. The average molecular weight is 388 g/mol. The Morgan fingerprint density at radius 2 is 1.87 bits per heavy atom. The first-order valence-electron chi connectivity index (χ1n) is 7.32. The number of amides is 1. The van der Waals surface area contributed by atoms with Crippen LogP contribution >= 0.6 is 15.9 Å². The van der Waals surface area contributed by atoms with Gasteiger partial charge < -0.3 is 19.9 Å². The highest BCUT2D eigenvalue weighted by molar-refractivity contribution is 9.09. The number of benzene rings is 1. The van der Waals surface area contributed by atoms with Crippen LogP contribution < -0.4 is 5.32 Å². The van der Waals surface area contributed by atoms with Crippen molar-refractivity contribution in [2.24, 2.45) is 5.92 Å². The minimum Gasteiger partial charge on any atom is -0.461 e. The molecular formula is C16H22BrNO5. The van der Waals surface area contributed by atoms with Crippen LogP contribution in [-0.2, 0) is 20.9 Å². The number of carbonyl (C=O) groups is 2. The largest absolute Gasteiger partial charge is 0.461 e. The van der Waals surface area contributed by atoms with E-state index in [-0.39, 0.29) is 19.1 Å². The van der Waals surface area contributed by atoms with Crippen molar-refractivity contribution in [1.82, 2.24) is 5.32 Å². The summed E-state index contributed by atoms with van der Waals surface area (Å²) in [6.07, 6.45) is -1.47. The summed E-state index contributed by atoms with van der Waals surface area (Å²) in [6, 6.07) is 8.41. The van der Waals surface area contributed by atoms with Crippen molar-refractivity contribution >= 4 is 28.0 Å². The summed E-state index contributed by atoms with van der Waals surface area (Å²) in [5, 5.41) is 12.2. The van der Waals surface area contributed by atoms with Crippen LogP contribution in [0.3, 0.4) is 0 Å². The highest BCUT2D eigenvalue weighted by Gasteiger charge is 2.26. The summed E-state index contributed by atoms with van der Waals surface area (Å²) in [5.74, 6) is -0.774. The predicted octanol–water partition coefficient (Wildman–Crippen LogP) is 2.24. The van der Waals surface area contributed by atoms with Crippen LogP contribution in [0.5, 0.6) is 0 Å². The molecule has 1 aromatic carbocycles. The molecule has 0 saturated heterocycles. The van der Waals surface area contributed by atoms with Gasteiger partial charge in [-0.3, -0.25) is 0 Å². The Kier molecular flexibility index (Phi) is 8.65. The molecule has 0 spiro atoms. The number of hydrogen-bond donors (Lipinski definition) is 2. The third kappa shape index (κ3) is 7.47. The molecule has 1 aromatic rings. The van der Waals surface area contributed by atoms with Crippen molar-refractivity contribution in [1.29, 1.82) is 0 Å². The molecule has 0 fully saturated rings. The van der Waals surface area contributed by atoms with Gasteiger partial charge in [-0.25, -0.2) is 9.59 Å². The number of ether oxygens (including phenoxy) is 2. The van der Waals surface area contributed by atoms with E-state index in [2.05, 4.69) is 21.2 Å². The topological polar surface area (TPSA) is 84.9 Å². The molecule has 1 unspecified atom stereocenters. The molecule has 0 bridgehead atoms. The zero-order valence-electron chi connectivity index (χ0n) is 13.2. The van der Waals surface area contributed by atoms with E-state index in [0.29, 0.717) is 5.33 Å². The van der Waals surface area contributed by atoms with Gasteiger partial charge in [-0.2, -0.15) is 0 Å². The van der Waals surface area contributed by atoms with Gasteiger partial charge in [0, 0.05) is 5.33 Å². The molecule has 2 N–H and O–H groups in total. The van der Waals surface area contributed by atoms with Crippen LogP contribution in [-0.4, -0.2) is 41.3 Å². The number of esters is 1. The summed E-state index contributed by atoms with van der Waals surface area (Å²) in [6.45, 7) is 3.55. The summed E-state index contributed by atoms with van der Waals surface area (Å²) < 4.78 is 10.1. The Hall–Kier alpha value is -1.60. The lowest BCUT2D eigenvalue weighted by molar-refractivity contribution is -0.149. The van der Waals surface area contributed by atoms with E-state index in [4.69, 9.17) is 9.47 Å². The maximum absolute atomic E-state index is 12.0. The molecule has 0 aliphatic rings. The number of rotatable bonds is 8. The summed E-state index contributed by atoms with van der Waals surface area (Å²) in [7, 11) is 0. The second-order valence-electron chi connectivity index (χ2n) is 5.37. The van der Waals surface area contributed by atoms with Gasteiger partial charge in [-0.15, -0.1) is 0 Å². The number of aliphatic hydroxyl groups is 1. The second-order valence-corrected chi connectivity index (χ2v) is 6.01. The first kappa shape index (κ1) is 19.4. The van der Waals surface area contributed by atoms with E-state index < -0.39 is 24.2 Å². The molecule has 0 aliphatic carbocycles. The quantitative estimate of drug-likeness (QED) is 0.527. The Bertz CT molecular complexity index is 495. The Balaban J connectivity index is 2.47. The normalized spacial score (nSPS) is 13.3. The van der Waals surface area contributed by atoms with Crippen molar-refractivity contribution in [3.63, 3.8) is 0 Å². The summed E-state index contributed by atoms with van der Waals surface area (Å²) >= 11 is 3.08. The van der Waals surface area contributed by atoms with Gasteiger partial charge in [0.2, 0.25) is 0 Å². The van der Waals surface area contributed by atoms with E-state index in [1.165, 1.54) is 0 Å². The number of alkyl halides is 1. The fraction of sp³-hybridized carbons (Fsp3) is 0.500. The van der Waals surface area contributed by atoms with Crippen molar-refractivity contribution in [3.8, 4) is 0 Å². The fourth-order valence-corrected chi connectivity index (χ4v) is 1.89. The lowest BCUT2D eigenvalue weighted by Crippen LogP contribution is -2.46. The lowest BCUT2D eigenvalue weighted by Gasteiger charge is -2.21. The van der Waals surface area contributed by atoms with Crippen molar-refractivity contribution < 1.29 is 24.2 Å². The zero-order valence-corrected chi connectivity index (χ0v) is 14.8. The minimum absolute atomic E-state index is 0.120. The van der Waals surface area contributed by atoms with Crippen LogP contribution in [0.1, 0.15) is 19.4 Å². The third-order valence-corrected chi connectivity index (χ3v) is 3.75. The van der Waals surface area contributed by atoms with Crippen LogP contribution in [0.2, 0.25) is 0 Å². The SMILES string of the molecule is CC(C)[C@H](NC(=O)OCc1ccccc1)C(=O)OCC(O)CBr. The molecule has 0 radical (unpaired) electrons. The van der Waals surface area contributed by atoms with Crippen molar-refractivity contribution in [2.75, 3.05) is 11.9 Å². The molecule has 23 heavy (non-hydrogen) atoms. The van der Waals surface area contributed by atoms with Gasteiger partial charge in [0.25, 0.3) is 0 Å². The molecule has 1 amide bonds. The van der Waals surface area contributed by atoms with Gasteiger partial charge in [0.05, 0.1) is 6.10 Å². The molecular weight excluding hydrogens is 366 g/mol. The number of carbonyl (C=O) groups excluding carboxylic acids is 2. The van der Waals surface area contributed by atoms with Crippen LogP contribution in [0.4, 0.5) is 4.79 Å². The Labute approximate surface area is 144 Å². The molecule has 0 saturated carbocycles. The van der Waals surface area contributed by atoms with Crippen molar-refractivity contribution in [2.45, 2.75) is 32.6 Å². The van der Waals surface area contributed by atoms with E-state index in [1.54, 1.807) is 13.8 Å². The van der Waals surface area contributed by atoms with Gasteiger partial charge in [-0.05, 0) is 11.5 Å². The van der Waals surface area contributed by atoms with E-state index >= 15 is 0 Å². The van der Waals surface area contributed by atoms with Crippen molar-refractivity contribution in [3.05, 3.63) is 35.9 Å². The van der Waals surface area contributed by atoms with Gasteiger partial charge >= 0.3 is 12.1 Å². The summed E-state index contributed by atoms with van der Waals surface area (Å²) in [4.78, 5) is 23.8. The van der Waals surface area contributed by atoms with Crippen LogP contribution in [0.25, 0.3) is 0 Å². The van der Waals surface area contributed by atoms with Gasteiger partial charge in [0.1, 0.15) is 19.3 Å². The van der Waals surface area contributed by atoms with Gasteiger partial charge in [-0.1, -0.05) is 60.1 Å². The number of aliphatic hydroxyl groups excluding tert-OH is 1. The second kappa shape index (κ2) is 10.2. The Morgan fingerprint density at radius 1 is 1.22 bits per heavy atom. The van der Waals surface area contributed by atoms with Crippen LogP contribution in [0.15, 0.2) is 30.3 Å². The average Bonchev–Trinajstić information content (AvgIpc) is 2.55. The molecule has 1 rings (SSSR count). The number of alkyl carbamates (subject to hydrolysis) is 1. The van der Waals surface area contributed by atoms with E-state index in [0.717, 1.165) is 5.56 Å². The van der Waals surface area contributed by atoms with E-state index in [9.17, 15) is 14.7 Å². The first-order chi connectivity index (χ1) is 10.9. The minimum atomic E-state index is -0.833. The highest BCUT2D eigenvalue weighted by Crippen LogP contribution is 2.07. The maximum atomic E-state index is 12.0. The number of hydrogen-bond acceptors (Lipinski definition) is 5. The monoisotopic (exact) mass is 387 g/mol. The third-order valence-electron chi connectivity index (χ3n) is 3.00. The molecule has 0 aromatic heterocycles. The molecule has 7 heteroatoms. The molecule has 2 atom stereocenters. The van der Waals surface area contributed by atoms with E-state index in [1.807, 2.05) is 30.3 Å².